The molecule has 0 saturated heterocycles. The molecule has 0 aliphatic heterocycles. The zero-order chi connectivity index (χ0) is 24.6. The summed E-state index contributed by atoms with van der Waals surface area (Å²) in [6, 6.07) is 0. The van der Waals surface area contributed by atoms with E-state index < -0.39 is 28.6 Å². The third-order valence-electron chi connectivity index (χ3n) is 11.6. The molecule has 3 nitrogen and oxygen atoms in total. The molecule has 3 N–H and O–H groups in total. The van der Waals surface area contributed by atoms with Gasteiger partial charge in [-0.3, -0.25) is 0 Å². The Morgan fingerprint density at radius 1 is 0.970 bits per heavy atom. The molecule has 4 aliphatic carbocycles. The first-order valence-electron chi connectivity index (χ1n) is 13.7. The quantitative estimate of drug-likeness (QED) is 0.444. The minimum Gasteiger partial charge on any atom is -0.390 e. The SMILES string of the molecule is CC(C)[C@@H](C)/C=C/[C@@H](C)[C@H]1CC[C@H]2C3=CC[C@H]4C(C)(C)[C@H](O)[C@@H](O)C[C@]4(C)[C@@]3(O)CC[C@]12C. The molecule has 4 rings (SSSR count). The van der Waals surface area contributed by atoms with Gasteiger partial charge in [-0.05, 0) is 90.4 Å². The van der Waals surface area contributed by atoms with Crippen LogP contribution in [0, 0.1) is 51.8 Å². The van der Waals surface area contributed by atoms with Crippen molar-refractivity contribution in [2.45, 2.75) is 112 Å². The standard InChI is InChI=1S/C30H50O3/c1-18(2)19(3)9-10-20(4)21-11-12-22-23-13-14-25-27(5,6)26(32)24(31)17-29(25,8)30(23,33)16-15-28(21,22)7/h9-10,13,18-22,24-26,31-33H,11-12,14-17H2,1-8H3/b10-9+/t19-,20+,21+,22-,24-,25-,26+,28+,29-,30+/m0/s1. The number of allylic oxidation sites excluding steroid dienone is 3. The summed E-state index contributed by atoms with van der Waals surface area (Å²) < 4.78 is 0. The van der Waals surface area contributed by atoms with E-state index in [1.165, 1.54) is 12.0 Å². The fourth-order valence-electron chi connectivity index (χ4n) is 8.99. The summed E-state index contributed by atoms with van der Waals surface area (Å²) in [5.41, 5.74) is -0.219. The van der Waals surface area contributed by atoms with Crippen LogP contribution in [0.3, 0.4) is 0 Å². The van der Waals surface area contributed by atoms with Crippen molar-refractivity contribution in [3.05, 3.63) is 23.8 Å². The molecule has 4 aliphatic rings. The Bertz CT molecular complexity index is 811. The lowest BCUT2D eigenvalue weighted by Crippen LogP contribution is -2.67. The molecule has 188 valence electrons. The average Bonchev–Trinajstić information content (AvgIpc) is 3.08. The average molecular weight is 459 g/mol. The maximum Gasteiger partial charge on any atom is 0.0917 e. The minimum absolute atomic E-state index is 0.165. The van der Waals surface area contributed by atoms with Crippen LogP contribution in [0.15, 0.2) is 23.8 Å². The molecule has 0 radical (unpaired) electrons. The molecule has 0 aromatic rings. The second-order valence-corrected chi connectivity index (χ2v) is 13.9. The highest BCUT2D eigenvalue weighted by Gasteiger charge is 2.68. The summed E-state index contributed by atoms with van der Waals surface area (Å²) in [5, 5.41) is 34.1. The lowest BCUT2D eigenvalue weighted by molar-refractivity contribution is -0.226. The van der Waals surface area contributed by atoms with Gasteiger partial charge < -0.3 is 15.3 Å². The third-order valence-corrected chi connectivity index (χ3v) is 11.6. The Kier molecular flexibility index (Phi) is 6.33. The third kappa shape index (κ3) is 3.54. The van der Waals surface area contributed by atoms with Crippen molar-refractivity contribution in [2.24, 2.45) is 51.8 Å². The predicted octanol–water partition coefficient (Wildman–Crippen LogP) is 6.13. The summed E-state index contributed by atoms with van der Waals surface area (Å²) >= 11 is 0. The largest absolute Gasteiger partial charge is 0.390 e. The van der Waals surface area contributed by atoms with Gasteiger partial charge in [0.05, 0.1) is 17.8 Å². The summed E-state index contributed by atoms with van der Waals surface area (Å²) in [7, 11) is 0. The van der Waals surface area contributed by atoms with Gasteiger partial charge in [0.2, 0.25) is 0 Å². The summed E-state index contributed by atoms with van der Waals surface area (Å²) in [4.78, 5) is 0. The zero-order valence-corrected chi connectivity index (χ0v) is 22.4. The van der Waals surface area contributed by atoms with Crippen LogP contribution in [0.5, 0.6) is 0 Å². The second-order valence-electron chi connectivity index (χ2n) is 13.9. The van der Waals surface area contributed by atoms with E-state index in [2.05, 4.69) is 73.6 Å². The van der Waals surface area contributed by atoms with Crippen LogP contribution in [0.2, 0.25) is 0 Å². The molecular weight excluding hydrogens is 408 g/mol. The lowest BCUT2D eigenvalue weighted by atomic mass is 9.41. The van der Waals surface area contributed by atoms with Crippen molar-refractivity contribution >= 4 is 0 Å². The Morgan fingerprint density at radius 2 is 1.64 bits per heavy atom. The van der Waals surface area contributed by atoms with E-state index in [1.807, 2.05) is 0 Å². The zero-order valence-electron chi connectivity index (χ0n) is 22.4. The number of aliphatic hydroxyl groups excluding tert-OH is 2. The number of hydrogen-bond acceptors (Lipinski definition) is 3. The van der Waals surface area contributed by atoms with Crippen LogP contribution >= 0.6 is 0 Å². The van der Waals surface area contributed by atoms with Crippen molar-refractivity contribution in [3.63, 3.8) is 0 Å². The van der Waals surface area contributed by atoms with Gasteiger partial charge in [0.25, 0.3) is 0 Å². The molecule has 0 unspecified atom stereocenters. The number of fused-ring (bicyclic) bond motifs is 5. The molecule has 0 amide bonds. The molecule has 3 heteroatoms. The lowest BCUT2D eigenvalue weighted by Gasteiger charge is -2.66. The minimum atomic E-state index is -0.876. The van der Waals surface area contributed by atoms with Gasteiger partial charge in [0.1, 0.15) is 0 Å². The Balaban J connectivity index is 1.65. The number of aliphatic hydroxyl groups is 3. The van der Waals surface area contributed by atoms with Crippen molar-refractivity contribution in [1.29, 1.82) is 0 Å². The molecule has 0 aromatic carbocycles. The summed E-state index contributed by atoms with van der Waals surface area (Å²) in [6.07, 6.45) is 11.3. The van der Waals surface area contributed by atoms with E-state index in [0.717, 1.165) is 25.7 Å². The maximum atomic E-state index is 12.4. The fraction of sp³-hybridized carbons (Fsp3) is 0.867. The molecule has 0 heterocycles. The van der Waals surface area contributed by atoms with E-state index >= 15 is 0 Å². The smallest absolute Gasteiger partial charge is 0.0917 e. The molecule has 10 atom stereocenters. The van der Waals surface area contributed by atoms with Crippen LogP contribution in [0.1, 0.15) is 93.9 Å². The highest BCUT2D eigenvalue weighted by molar-refractivity contribution is 5.36. The van der Waals surface area contributed by atoms with Gasteiger partial charge in [0.15, 0.2) is 0 Å². The summed E-state index contributed by atoms with van der Waals surface area (Å²) in [6.45, 7) is 18.1. The summed E-state index contributed by atoms with van der Waals surface area (Å²) in [5.74, 6) is 3.04. The van der Waals surface area contributed by atoms with Gasteiger partial charge in [0, 0.05) is 5.41 Å². The van der Waals surface area contributed by atoms with Crippen molar-refractivity contribution in [1.82, 2.24) is 0 Å². The van der Waals surface area contributed by atoms with E-state index in [1.54, 1.807) is 0 Å². The first-order chi connectivity index (χ1) is 15.2. The monoisotopic (exact) mass is 458 g/mol. The molecular formula is C30H50O3. The van der Waals surface area contributed by atoms with Gasteiger partial charge in [-0.25, -0.2) is 0 Å². The van der Waals surface area contributed by atoms with Crippen molar-refractivity contribution in [2.75, 3.05) is 0 Å². The topological polar surface area (TPSA) is 60.7 Å². The highest BCUT2D eigenvalue weighted by atomic mass is 16.3. The molecule has 33 heavy (non-hydrogen) atoms. The second kappa shape index (κ2) is 8.20. The van der Waals surface area contributed by atoms with Gasteiger partial charge >= 0.3 is 0 Å². The molecule has 3 saturated carbocycles. The van der Waals surface area contributed by atoms with Gasteiger partial charge in [-0.2, -0.15) is 0 Å². The van der Waals surface area contributed by atoms with Crippen LogP contribution in [-0.4, -0.2) is 33.1 Å². The maximum absolute atomic E-state index is 12.4. The van der Waals surface area contributed by atoms with Crippen LogP contribution in [0.25, 0.3) is 0 Å². The Hall–Kier alpha value is -0.640. The fourth-order valence-corrected chi connectivity index (χ4v) is 8.99. The number of rotatable bonds is 4. The predicted molar refractivity (Wildman–Crippen MR) is 136 cm³/mol. The molecule has 0 spiro atoms. The van der Waals surface area contributed by atoms with Crippen molar-refractivity contribution < 1.29 is 15.3 Å². The number of hydrogen-bond donors (Lipinski definition) is 3. The van der Waals surface area contributed by atoms with Gasteiger partial charge in [-0.1, -0.05) is 73.6 Å². The molecule has 0 bridgehead atoms. The van der Waals surface area contributed by atoms with E-state index in [9.17, 15) is 15.3 Å². The van der Waals surface area contributed by atoms with E-state index in [-0.39, 0.29) is 11.3 Å². The normalized spacial score (nSPS) is 48.7. The Labute approximate surface area is 202 Å². The Morgan fingerprint density at radius 3 is 2.27 bits per heavy atom. The molecule has 3 fully saturated rings. The first kappa shape index (κ1) is 25.5. The van der Waals surface area contributed by atoms with Crippen LogP contribution < -0.4 is 0 Å². The van der Waals surface area contributed by atoms with Crippen molar-refractivity contribution in [3.8, 4) is 0 Å². The van der Waals surface area contributed by atoms with Crippen LogP contribution in [-0.2, 0) is 0 Å². The first-order valence-corrected chi connectivity index (χ1v) is 13.7. The van der Waals surface area contributed by atoms with E-state index in [0.29, 0.717) is 36.0 Å². The van der Waals surface area contributed by atoms with E-state index in [4.69, 9.17) is 0 Å². The van der Waals surface area contributed by atoms with Crippen LogP contribution in [0.4, 0.5) is 0 Å². The molecule has 0 aromatic heterocycles. The van der Waals surface area contributed by atoms with Gasteiger partial charge in [-0.15, -0.1) is 0 Å². The highest BCUT2D eigenvalue weighted by Crippen LogP contribution is 2.70.